The fraction of sp³-hybridized carbons (Fsp3) is 0.211. The SMILES string of the molecule is COCCOc1ccccc1C(=O)Nc1nc(-c2c[nH]c(C(=O)OC)c2)cs1. The van der Waals surface area contributed by atoms with Crippen LogP contribution in [-0.2, 0) is 9.47 Å². The van der Waals surface area contributed by atoms with Crippen LogP contribution < -0.4 is 10.1 Å². The summed E-state index contributed by atoms with van der Waals surface area (Å²) in [6.07, 6.45) is 1.66. The van der Waals surface area contributed by atoms with E-state index in [1.807, 2.05) is 0 Å². The van der Waals surface area contributed by atoms with Crippen molar-refractivity contribution in [1.29, 1.82) is 0 Å². The van der Waals surface area contributed by atoms with E-state index in [4.69, 9.17) is 9.47 Å². The molecule has 0 radical (unpaired) electrons. The van der Waals surface area contributed by atoms with E-state index in [0.717, 1.165) is 5.56 Å². The molecule has 1 amide bonds. The minimum absolute atomic E-state index is 0.321. The van der Waals surface area contributed by atoms with Crippen molar-refractivity contribution >= 4 is 28.3 Å². The quantitative estimate of drug-likeness (QED) is 0.444. The molecule has 0 aliphatic carbocycles. The van der Waals surface area contributed by atoms with Crippen LogP contribution in [0, 0.1) is 0 Å². The summed E-state index contributed by atoms with van der Waals surface area (Å²) in [5.41, 5.74) is 2.10. The van der Waals surface area contributed by atoms with Crippen LogP contribution in [0.2, 0.25) is 0 Å². The highest BCUT2D eigenvalue weighted by Crippen LogP contribution is 2.27. The van der Waals surface area contributed by atoms with Crippen molar-refractivity contribution in [2.75, 3.05) is 32.8 Å². The summed E-state index contributed by atoms with van der Waals surface area (Å²) in [6.45, 7) is 0.772. The molecule has 2 heterocycles. The molecule has 146 valence electrons. The van der Waals surface area contributed by atoms with E-state index in [-0.39, 0.29) is 5.91 Å². The Morgan fingerprint density at radius 2 is 2.04 bits per heavy atom. The number of anilines is 1. The van der Waals surface area contributed by atoms with Crippen molar-refractivity contribution in [1.82, 2.24) is 9.97 Å². The molecule has 0 unspecified atom stereocenters. The summed E-state index contributed by atoms with van der Waals surface area (Å²) in [5.74, 6) is -0.305. The Morgan fingerprint density at radius 1 is 1.21 bits per heavy atom. The predicted octanol–water partition coefficient (Wildman–Crippen LogP) is 3.20. The van der Waals surface area contributed by atoms with Gasteiger partial charge in [-0.15, -0.1) is 11.3 Å². The number of hydrogen-bond donors (Lipinski definition) is 2. The number of esters is 1. The molecule has 8 nitrogen and oxygen atoms in total. The van der Waals surface area contributed by atoms with Crippen LogP contribution in [-0.4, -0.2) is 49.3 Å². The normalized spacial score (nSPS) is 10.5. The highest BCUT2D eigenvalue weighted by Gasteiger charge is 2.16. The first kappa shape index (κ1) is 19.6. The number of methoxy groups -OCH3 is 2. The number of ether oxygens (including phenoxy) is 3. The zero-order chi connectivity index (χ0) is 19.9. The van der Waals surface area contributed by atoms with Gasteiger partial charge in [-0.3, -0.25) is 10.1 Å². The number of nitrogens with zero attached hydrogens (tertiary/aromatic N) is 1. The maximum absolute atomic E-state index is 12.6. The first-order valence-corrected chi connectivity index (χ1v) is 9.25. The third-order valence-corrected chi connectivity index (χ3v) is 4.54. The van der Waals surface area contributed by atoms with Gasteiger partial charge in [0, 0.05) is 24.3 Å². The first-order valence-electron chi connectivity index (χ1n) is 8.37. The summed E-state index contributed by atoms with van der Waals surface area (Å²) in [6, 6.07) is 8.61. The molecule has 0 spiro atoms. The number of para-hydroxylation sites is 1. The number of rotatable bonds is 8. The molecule has 0 fully saturated rings. The third kappa shape index (κ3) is 4.56. The van der Waals surface area contributed by atoms with Crippen LogP contribution in [0.1, 0.15) is 20.8 Å². The fourth-order valence-electron chi connectivity index (χ4n) is 2.41. The second-order valence-electron chi connectivity index (χ2n) is 5.62. The Morgan fingerprint density at radius 3 is 2.82 bits per heavy atom. The van der Waals surface area contributed by atoms with Gasteiger partial charge in [-0.1, -0.05) is 12.1 Å². The number of thiazole rings is 1. The lowest BCUT2D eigenvalue weighted by molar-refractivity contribution is 0.0594. The van der Waals surface area contributed by atoms with Crippen molar-refractivity contribution < 1.29 is 23.8 Å². The summed E-state index contributed by atoms with van der Waals surface area (Å²) >= 11 is 1.28. The molecule has 0 saturated heterocycles. The van der Waals surface area contributed by atoms with Crippen molar-refractivity contribution in [2.45, 2.75) is 0 Å². The molecule has 1 aromatic carbocycles. The number of H-pyrrole nitrogens is 1. The molecule has 2 N–H and O–H groups in total. The van der Waals surface area contributed by atoms with Crippen LogP contribution in [0.3, 0.4) is 0 Å². The van der Waals surface area contributed by atoms with Crippen molar-refractivity contribution in [3.63, 3.8) is 0 Å². The Bertz CT molecular complexity index is 966. The van der Waals surface area contributed by atoms with Gasteiger partial charge in [0.2, 0.25) is 0 Å². The van der Waals surface area contributed by atoms with Crippen molar-refractivity contribution in [2.24, 2.45) is 0 Å². The van der Waals surface area contributed by atoms with Crippen LogP contribution in [0.5, 0.6) is 5.75 Å². The van der Waals surface area contributed by atoms with E-state index in [1.54, 1.807) is 49.0 Å². The van der Waals surface area contributed by atoms with Gasteiger partial charge >= 0.3 is 5.97 Å². The van der Waals surface area contributed by atoms with Crippen molar-refractivity contribution in [3.8, 4) is 17.0 Å². The summed E-state index contributed by atoms with van der Waals surface area (Å²) < 4.78 is 15.2. The van der Waals surface area contributed by atoms with E-state index >= 15 is 0 Å². The van der Waals surface area contributed by atoms with E-state index in [1.165, 1.54) is 18.4 Å². The number of carbonyl (C=O) groups is 2. The third-order valence-electron chi connectivity index (χ3n) is 3.79. The molecule has 0 atom stereocenters. The number of nitrogens with one attached hydrogen (secondary N) is 2. The van der Waals surface area contributed by atoms with Gasteiger partial charge in [0.15, 0.2) is 5.13 Å². The predicted molar refractivity (Wildman–Crippen MR) is 105 cm³/mol. The number of aromatic amines is 1. The fourth-order valence-corrected chi connectivity index (χ4v) is 3.13. The van der Waals surface area contributed by atoms with Crippen LogP contribution >= 0.6 is 11.3 Å². The van der Waals surface area contributed by atoms with Gasteiger partial charge in [0.05, 0.1) is 25.0 Å². The molecule has 3 rings (SSSR count). The molecular formula is C19H19N3O5S. The Balaban J connectivity index is 1.71. The smallest absolute Gasteiger partial charge is 0.354 e. The highest BCUT2D eigenvalue weighted by molar-refractivity contribution is 7.14. The van der Waals surface area contributed by atoms with E-state index in [9.17, 15) is 9.59 Å². The zero-order valence-corrected chi connectivity index (χ0v) is 16.2. The summed E-state index contributed by atoms with van der Waals surface area (Å²) in [5, 5.41) is 5.01. The lowest BCUT2D eigenvalue weighted by atomic mass is 10.2. The van der Waals surface area contributed by atoms with Gasteiger partial charge < -0.3 is 19.2 Å². The van der Waals surface area contributed by atoms with Gasteiger partial charge in [0.1, 0.15) is 18.1 Å². The number of amides is 1. The standard InChI is InChI=1S/C19H19N3O5S/c1-25-7-8-27-16-6-4-3-5-13(16)17(23)22-19-21-15(11-28-19)12-9-14(20-10-12)18(24)26-2/h3-6,9-11,20H,7-8H2,1-2H3,(H,21,22,23). The molecule has 0 aliphatic heterocycles. The maximum atomic E-state index is 12.6. The molecule has 2 aromatic heterocycles. The van der Waals surface area contributed by atoms with Crippen LogP contribution in [0.4, 0.5) is 5.13 Å². The van der Waals surface area contributed by atoms with Gasteiger partial charge in [-0.2, -0.15) is 0 Å². The minimum Gasteiger partial charge on any atom is -0.490 e. The van der Waals surface area contributed by atoms with Crippen molar-refractivity contribution in [3.05, 3.63) is 53.2 Å². The van der Waals surface area contributed by atoms with E-state index in [2.05, 4.69) is 20.0 Å². The topological polar surface area (TPSA) is 103 Å². The zero-order valence-electron chi connectivity index (χ0n) is 15.4. The van der Waals surface area contributed by atoms with E-state index < -0.39 is 5.97 Å². The average Bonchev–Trinajstić information content (AvgIpc) is 3.37. The largest absolute Gasteiger partial charge is 0.490 e. The Kier molecular flexibility index (Phi) is 6.41. The number of carbonyl (C=O) groups excluding carboxylic acids is 2. The van der Waals surface area contributed by atoms with Gasteiger partial charge in [-0.25, -0.2) is 9.78 Å². The summed E-state index contributed by atoms with van der Waals surface area (Å²) in [7, 11) is 2.90. The molecule has 9 heteroatoms. The minimum atomic E-state index is -0.458. The number of aromatic nitrogens is 2. The number of benzene rings is 1. The Labute approximate surface area is 165 Å². The average molecular weight is 401 g/mol. The summed E-state index contributed by atoms with van der Waals surface area (Å²) in [4.78, 5) is 31.4. The van der Waals surface area contributed by atoms with Crippen LogP contribution in [0.15, 0.2) is 41.9 Å². The lowest BCUT2D eigenvalue weighted by Crippen LogP contribution is -2.14. The molecule has 0 saturated carbocycles. The monoisotopic (exact) mass is 401 g/mol. The molecule has 28 heavy (non-hydrogen) atoms. The van der Waals surface area contributed by atoms with Gasteiger partial charge in [-0.05, 0) is 18.2 Å². The molecule has 0 bridgehead atoms. The van der Waals surface area contributed by atoms with Gasteiger partial charge in [0.25, 0.3) is 5.91 Å². The second kappa shape index (κ2) is 9.16. The second-order valence-corrected chi connectivity index (χ2v) is 6.48. The van der Waals surface area contributed by atoms with Crippen LogP contribution in [0.25, 0.3) is 11.3 Å². The lowest BCUT2D eigenvalue weighted by Gasteiger charge is -2.10. The Hall–Kier alpha value is -3.17. The molecular weight excluding hydrogens is 382 g/mol. The first-order chi connectivity index (χ1) is 13.6. The highest BCUT2D eigenvalue weighted by atomic mass is 32.1. The maximum Gasteiger partial charge on any atom is 0.354 e. The molecule has 3 aromatic rings. The van der Waals surface area contributed by atoms with E-state index in [0.29, 0.717) is 41.0 Å². The number of hydrogen-bond acceptors (Lipinski definition) is 7. The molecule has 0 aliphatic rings.